The molecular formula is C15H23ClN3O2+. The van der Waals surface area contributed by atoms with Crippen molar-refractivity contribution < 1.29 is 14.9 Å². The van der Waals surface area contributed by atoms with Crippen LogP contribution in [0.2, 0.25) is 5.02 Å². The molecule has 0 heterocycles. The fourth-order valence-corrected chi connectivity index (χ4v) is 1.91. The molecule has 6 heteroatoms. The summed E-state index contributed by atoms with van der Waals surface area (Å²) >= 11 is 5.83. The number of carbonyl (C=O) groups excluding carboxylic acids is 2. The van der Waals surface area contributed by atoms with Crippen LogP contribution >= 0.6 is 11.6 Å². The molecule has 0 aromatic heterocycles. The minimum Gasteiger partial charge on any atom is -0.338 e. The Bertz CT molecular complexity index is 462. The van der Waals surface area contributed by atoms with Crippen LogP contribution in [0.25, 0.3) is 0 Å². The van der Waals surface area contributed by atoms with E-state index in [9.17, 15) is 9.59 Å². The van der Waals surface area contributed by atoms with Gasteiger partial charge in [-0.3, -0.25) is 10.1 Å². The number of hydrogen-bond acceptors (Lipinski definition) is 2. The predicted octanol–water partition coefficient (Wildman–Crippen LogP) is 1.59. The number of halogens is 1. The van der Waals surface area contributed by atoms with Crippen LogP contribution in [0.5, 0.6) is 0 Å². The Morgan fingerprint density at radius 3 is 2.57 bits per heavy atom. The van der Waals surface area contributed by atoms with Gasteiger partial charge in [-0.2, -0.15) is 0 Å². The lowest BCUT2D eigenvalue weighted by atomic mass is 10.1. The number of nitrogens with one attached hydrogen (secondary N) is 2. The van der Waals surface area contributed by atoms with Crippen LogP contribution in [0.15, 0.2) is 24.3 Å². The zero-order valence-electron chi connectivity index (χ0n) is 12.5. The topological polar surface area (TPSA) is 74.8 Å². The number of unbranched alkanes of at least 4 members (excludes halogenated alkanes) is 1. The second kappa shape index (κ2) is 9.37. The number of urea groups is 1. The summed E-state index contributed by atoms with van der Waals surface area (Å²) in [4.78, 5) is 23.1. The first-order valence-corrected chi connectivity index (χ1v) is 7.57. The molecule has 1 rings (SSSR count). The van der Waals surface area contributed by atoms with Crippen molar-refractivity contribution in [1.29, 1.82) is 0 Å². The lowest BCUT2D eigenvalue weighted by molar-refractivity contribution is -0.682. The Morgan fingerprint density at radius 1 is 1.29 bits per heavy atom. The van der Waals surface area contributed by atoms with Crippen LogP contribution in [0.1, 0.15) is 38.3 Å². The van der Waals surface area contributed by atoms with Crippen molar-refractivity contribution >= 4 is 23.5 Å². The molecule has 1 aromatic carbocycles. The number of benzene rings is 1. The van der Waals surface area contributed by atoms with E-state index in [-0.39, 0.29) is 18.5 Å². The standard InChI is InChI=1S/C15H22ClN3O2/c1-3-4-9-17-15(21)19-14(20)10-18-11(2)12-5-7-13(16)8-6-12/h5-8,11,18H,3-4,9-10H2,1-2H3,(H2,17,19,20,21)/p+1/t11-/m1/s1. The molecule has 4 N–H and O–H groups in total. The second-order valence-electron chi connectivity index (χ2n) is 4.94. The smallest absolute Gasteiger partial charge is 0.321 e. The van der Waals surface area contributed by atoms with Gasteiger partial charge in [-0.15, -0.1) is 0 Å². The van der Waals surface area contributed by atoms with Gasteiger partial charge < -0.3 is 10.6 Å². The molecule has 0 radical (unpaired) electrons. The number of nitrogens with two attached hydrogens (primary N) is 1. The van der Waals surface area contributed by atoms with E-state index in [0.29, 0.717) is 11.6 Å². The largest absolute Gasteiger partial charge is 0.338 e. The van der Waals surface area contributed by atoms with Crippen LogP contribution < -0.4 is 16.0 Å². The van der Waals surface area contributed by atoms with Crippen molar-refractivity contribution in [2.24, 2.45) is 0 Å². The van der Waals surface area contributed by atoms with E-state index in [0.717, 1.165) is 18.4 Å². The van der Waals surface area contributed by atoms with Crippen LogP contribution in [0.4, 0.5) is 4.79 Å². The highest BCUT2D eigenvalue weighted by molar-refractivity contribution is 6.30. The maximum Gasteiger partial charge on any atom is 0.321 e. The quantitative estimate of drug-likeness (QED) is 0.669. The normalized spacial score (nSPS) is 11.8. The van der Waals surface area contributed by atoms with Gasteiger partial charge in [0.2, 0.25) is 0 Å². The Kier molecular flexibility index (Phi) is 7.79. The van der Waals surface area contributed by atoms with E-state index >= 15 is 0 Å². The Hall–Kier alpha value is -1.59. The van der Waals surface area contributed by atoms with Crippen molar-refractivity contribution in [3.8, 4) is 0 Å². The van der Waals surface area contributed by atoms with Gasteiger partial charge in [-0.25, -0.2) is 4.79 Å². The van der Waals surface area contributed by atoms with E-state index < -0.39 is 6.03 Å². The summed E-state index contributed by atoms with van der Waals surface area (Å²) in [6.45, 7) is 4.82. The molecule has 0 saturated carbocycles. The van der Waals surface area contributed by atoms with Crippen molar-refractivity contribution in [3.63, 3.8) is 0 Å². The van der Waals surface area contributed by atoms with Gasteiger partial charge in [-0.1, -0.05) is 37.1 Å². The lowest BCUT2D eigenvalue weighted by Crippen LogP contribution is -2.87. The van der Waals surface area contributed by atoms with Gasteiger partial charge in [0.15, 0.2) is 6.54 Å². The van der Waals surface area contributed by atoms with Gasteiger partial charge in [0.25, 0.3) is 5.91 Å². The van der Waals surface area contributed by atoms with E-state index in [1.54, 1.807) is 0 Å². The maximum absolute atomic E-state index is 11.7. The van der Waals surface area contributed by atoms with E-state index in [2.05, 4.69) is 10.6 Å². The Balaban J connectivity index is 2.29. The highest BCUT2D eigenvalue weighted by atomic mass is 35.5. The Labute approximate surface area is 130 Å². The van der Waals surface area contributed by atoms with Crippen molar-refractivity contribution in [2.45, 2.75) is 32.7 Å². The van der Waals surface area contributed by atoms with Crippen LogP contribution in [-0.2, 0) is 4.79 Å². The summed E-state index contributed by atoms with van der Waals surface area (Å²) in [5, 5.41) is 7.51. The first kappa shape index (κ1) is 17.5. The molecule has 0 saturated heterocycles. The molecule has 0 aliphatic heterocycles. The zero-order chi connectivity index (χ0) is 15.7. The molecule has 21 heavy (non-hydrogen) atoms. The molecule has 116 valence electrons. The third kappa shape index (κ3) is 7.11. The number of hydrogen-bond donors (Lipinski definition) is 3. The van der Waals surface area contributed by atoms with Gasteiger partial charge in [-0.05, 0) is 25.5 Å². The van der Waals surface area contributed by atoms with Crippen LogP contribution in [0.3, 0.4) is 0 Å². The first-order valence-electron chi connectivity index (χ1n) is 7.19. The molecule has 0 spiro atoms. The number of rotatable bonds is 7. The van der Waals surface area contributed by atoms with E-state index in [1.807, 2.05) is 43.4 Å². The van der Waals surface area contributed by atoms with Crippen molar-refractivity contribution in [1.82, 2.24) is 10.6 Å². The van der Waals surface area contributed by atoms with Crippen molar-refractivity contribution in [3.05, 3.63) is 34.9 Å². The van der Waals surface area contributed by atoms with E-state index in [1.165, 1.54) is 0 Å². The van der Waals surface area contributed by atoms with Gasteiger partial charge in [0, 0.05) is 17.1 Å². The number of imide groups is 1. The predicted molar refractivity (Wildman–Crippen MR) is 83.1 cm³/mol. The maximum atomic E-state index is 11.7. The van der Waals surface area contributed by atoms with Crippen LogP contribution in [0, 0.1) is 0 Å². The SMILES string of the molecule is CCCCNC(=O)NC(=O)C[NH2+][C@H](C)c1ccc(Cl)cc1. The molecule has 3 amide bonds. The third-order valence-electron chi connectivity index (χ3n) is 3.12. The number of amides is 3. The summed E-state index contributed by atoms with van der Waals surface area (Å²) < 4.78 is 0. The zero-order valence-corrected chi connectivity index (χ0v) is 13.2. The molecule has 0 aliphatic rings. The molecule has 0 aliphatic carbocycles. The van der Waals surface area contributed by atoms with Gasteiger partial charge in [0.05, 0.1) is 0 Å². The minimum atomic E-state index is -0.430. The molecule has 1 atom stereocenters. The van der Waals surface area contributed by atoms with Crippen LogP contribution in [-0.4, -0.2) is 25.0 Å². The summed E-state index contributed by atoms with van der Waals surface area (Å²) in [6.07, 6.45) is 1.90. The third-order valence-corrected chi connectivity index (χ3v) is 3.37. The number of quaternary nitrogens is 1. The average Bonchev–Trinajstić information content (AvgIpc) is 2.46. The summed E-state index contributed by atoms with van der Waals surface area (Å²) in [5.41, 5.74) is 1.08. The summed E-state index contributed by atoms with van der Waals surface area (Å²) in [6, 6.07) is 7.19. The molecule has 0 fully saturated rings. The summed E-state index contributed by atoms with van der Waals surface area (Å²) in [5.74, 6) is -0.301. The highest BCUT2D eigenvalue weighted by Crippen LogP contribution is 2.13. The van der Waals surface area contributed by atoms with Gasteiger partial charge in [0.1, 0.15) is 6.04 Å². The first-order chi connectivity index (χ1) is 10.0. The second-order valence-corrected chi connectivity index (χ2v) is 5.37. The molecule has 0 unspecified atom stereocenters. The van der Waals surface area contributed by atoms with E-state index in [4.69, 9.17) is 11.6 Å². The molecular weight excluding hydrogens is 290 g/mol. The summed E-state index contributed by atoms with van der Waals surface area (Å²) in [7, 11) is 0. The lowest BCUT2D eigenvalue weighted by Gasteiger charge is -2.11. The average molecular weight is 313 g/mol. The van der Waals surface area contributed by atoms with Crippen molar-refractivity contribution in [2.75, 3.05) is 13.1 Å². The minimum absolute atomic E-state index is 0.121. The monoisotopic (exact) mass is 312 g/mol. The highest BCUT2D eigenvalue weighted by Gasteiger charge is 2.13. The molecule has 5 nitrogen and oxygen atoms in total. The Morgan fingerprint density at radius 2 is 1.95 bits per heavy atom. The van der Waals surface area contributed by atoms with Gasteiger partial charge >= 0.3 is 6.03 Å². The molecule has 0 bridgehead atoms. The fourth-order valence-electron chi connectivity index (χ4n) is 1.79. The fraction of sp³-hybridized carbons (Fsp3) is 0.467. The number of carbonyl (C=O) groups is 2. The molecule has 1 aromatic rings.